The van der Waals surface area contributed by atoms with Gasteiger partial charge in [0.2, 0.25) is 0 Å². The van der Waals surface area contributed by atoms with Gasteiger partial charge in [-0.2, -0.15) is 0 Å². The van der Waals surface area contributed by atoms with Crippen LogP contribution in [0.5, 0.6) is 5.75 Å². The maximum Gasteiger partial charge on any atom is 1.00 e. The Morgan fingerprint density at radius 3 is 2.28 bits per heavy atom. The zero-order valence-electron chi connectivity index (χ0n) is 26.3. The van der Waals surface area contributed by atoms with Crippen LogP contribution in [0.2, 0.25) is 0 Å². The molecule has 10 heteroatoms. The van der Waals surface area contributed by atoms with Crippen LogP contribution in [0.25, 0.3) is 33.6 Å². The predicted molar refractivity (Wildman–Crippen MR) is 161 cm³/mol. The molecular formula is C33H34FKN4O4. The third-order valence-electron chi connectivity index (χ3n) is 6.78. The zero-order valence-corrected chi connectivity index (χ0v) is 28.4. The van der Waals surface area contributed by atoms with E-state index in [0.717, 1.165) is 12.0 Å². The minimum Gasteiger partial charge on any atom is -1.00 e. The molecule has 0 aliphatic carbocycles. The van der Waals surface area contributed by atoms with Crippen LogP contribution < -0.4 is 67.4 Å². The van der Waals surface area contributed by atoms with Crippen molar-refractivity contribution in [2.45, 2.75) is 59.6 Å². The molecule has 0 unspecified atom stereocenters. The molecule has 0 bridgehead atoms. The molecule has 8 nitrogen and oxygen atoms in total. The first-order valence-corrected chi connectivity index (χ1v) is 13.9. The fourth-order valence-corrected chi connectivity index (χ4v) is 4.97. The van der Waals surface area contributed by atoms with Crippen molar-refractivity contribution < 1.29 is 66.5 Å². The number of aryl methyl sites for hydroxylation is 2. The molecule has 3 aromatic carbocycles. The summed E-state index contributed by atoms with van der Waals surface area (Å²) >= 11 is 0. The van der Waals surface area contributed by atoms with Crippen molar-refractivity contribution >= 4 is 0 Å². The SMILES string of the molecule is CCCc1nc(C)c(-c2ccc(OC(C)(C)C)cc2)c(=O)n1Cc1ccc(-c2ccccc2-c2noc(=O)[nH]2)cc1F.[H-].[K+]. The molecule has 0 aliphatic rings. The molecule has 0 spiro atoms. The molecule has 0 saturated heterocycles. The smallest absolute Gasteiger partial charge is 1.00 e. The predicted octanol–water partition coefficient (Wildman–Crippen LogP) is 3.66. The van der Waals surface area contributed by atoms with Gasteiger partial charge in [0.05, 0.1) is 17.8 Å². The number of nitrogens with one attached hydrogen (secondary N) is 1. The molecule has 0 fully saturated rings. The van der Waals surface area contributed by atoms with E-state index in [9.17, 15) is 9.59 Å². The molecule has 0 aliphatic heterocycles. The van der Waals surface area contributed by atoms with Crippen LogP contribution in [-0.4, -0.2) is 25.3 Å². The van der Waals surface area contributed by atoms with E-state index in [1.165, 1.54) is 6.07 Å². The average Bonchev–Trinajstić information content (AvgIpc) is 3.38. The van der Waals surface area contributed by atoms with Gasteiger partial charge in [0.25, 0.3) is 5.56 Å². The first kappa shape index (κ1) is 32.8. The maximum atomic E-state index is 15.6. The largest absolute Gasteiger partial charge is 1.00 e. The number of aromatic nitrogens is 4. The van der Waals surface area contributed by atoms with Crippen LogP contribution in [-0.2, 0) is 13.0 Å². The second-order valence-corrected chi connectivity index (χ2v) is 11.2. The molecule has 0 saturated carbocycles. The van der Waals surface area contributed by atoms with Gasteiger partial charge >= 0.3 is 57.1 Å². The van der Waals surface area contributed by atoms with Crippen molar-refractivity contribution in [3.05, 3.63) is 111 Å². The van der Waals surface area contributed by atoms with Crippen molar-refractivity contribution in [3.63, 3.8) is 0 Å². The van der Waals surface area contributed by atoms with Crippen LogP contribution in [0.1, 0.15) is 52.6 Å². The molecule has 2 aromatic heterocycles. The standard InChI is InChI=1S/C33H33FN4O4.K.H/c1-6-9-28-35-20(2)29(21-14-16-24(17-15-21)41-33(3,4)5)31(39)38(28)19-23-13-12-22(18-27(23)34)25-10-7-8-11-26(25)30-36-32(40)42-37-30;;/h7-8,10-18H,6,9,19H2,1-5H3,(H,36,37,40);;/q;+1;-1. The number of halogens is 1. The van der Waals surface area contributed by atoms with Crippen molar-refractivity contribution in [1.29, 1.82) is 0 Å². The zero-order chi connectivity index (χ0) is 30.0. The summed E-state index contributed by atoms with van der Waals surface area (Å²) in [7, 11) is 0. The quantitative estimate of drug-likeness (QED) is 0.270. The van der Waals surface area contributed by atoms with Crippen LogP contribution in [0, 0.1) is 12.7 Å². The van der Waals surface area contributed by atoms with Crippen LogP contribution in [0.4, 0.5) is 4.39 Å². The number of hydrogen-bond acceptors (Lipinski definition) is 6. The Hall–Kier alpha value is -3.15. The van der Waals surface area contributed by atoms with Gasteiger partial charge in [-0.25, -0.2) is 14.2 Å². The molecule has 5 aromatic rings. The van der Waals surface area contributed by atoms with E-state index in [2.05, 4.69) is 14.7 Å². The van der Waals surface area contributed by atoms with E-state index in [-0.39, 0.29) is 76.3 Å². The van der Waals surface area contributed by atoms with Gasteiger partial charge < -0.3 is 6.16 Å². The van der Waals surface area contributed by atoms with E-state index >= 15 is 4.39 Å². The summed E-state index contributed by atoms with van der Waals surface area (Å²) in [6.07, 6.45) is 1.37. The van der Waals surface area contributed by atoms with Crippen molar-refractivity contribution in [3.8, 4) is 39.4 Å². The molecule has 5 rings (SSSR count). The van der Waals surface area contributed by atoms with Crippen molar-refractivity contribution in [1.82, 2.24) is 19.7 Å². The summed E-state index contributed by atoms with van der Waals surface area (Å²) in [5.41, 5.74) is 3.49. The Balaban J connectivity index is 0.00000264. The average molecular weight is 609 g/mol. The van der Waals surface area contributed by atoms with Crippen LogP contribution in [0.15, 0.2) is 80.8 Å². The van der Waals surface area contributed by atoms with Crippen LogP contribution >= 0.6 is 0 Å². The molecule has 1 N–H and O–H groups in total. The van der Waals surface area contributed by atoms with E-state index in [0.29, 0.717) is 51.5 Å². The second kappa shape index (κ2) is 13.6. The first-order chi connectivity index (χ1) is 20.0. The minimum absolute atomic E-state index is 0. The fraction of sp³-hybridized carbons (Fsp3) is 0.273. The Labute approximate surface area is 293 Å². The number of nitrogens with zero attached hydrogens (tertiary/aromatic N) is 3. The number of hydrogen-bond donors (Lipinski definition) is 1. The maximum absolute atomic E-state index is 15.6. The molecule has 2 heterocycles. The Morgan fingerprint density at radius 2 is 1.67 bits per heavy atom. The van der Waals surface area contributed by atoms with E-state index in [1.807, 2.05) is 71.0 Å². The number of H-pyrrole nitrogens is 1. The molecule has 0 radical (unpaired) electrons. The molecule has 0 atom stereocenters. The molecular weight excluding hydrogens is 574 g/mol. The number of ether oxygens (including phenoxy) is 1. The molecule has 218 valence electrons. The van der Waals surface area contributed by atoms with Gasteiger partial charge in [0.15, 0.2) is 5.82 Å². The summed E-state index contributed by atoms with van der Waals surface area (Å²) in [5.74, 6) is 0.441. The normalized spacial score (nSPS) is 11.3. The summed E-state index contributed by atoms with van der Waals surface area (Å²) in [4.78, 5) is 32.8. The topological polar surface area (TPSA) is 103 Å². The fourth-order valence-electron chi connectivity index (χ4n) is 4.97. The number of aromatic amines is 1. The van der Waals surface area contributed by atoms with Crippen molar-refractivity contribution in [2.24, 2.45) is 0 Å². The summed E-state index contributed by atoms with van der Waals surface area (Å²) in [5, 5.41) is 3.78. The van der Waals surface area contributed by atoms with E-state index in [1.54, 1.807) is 28.8 Å². The van der Waals surface area contributed by atoms with Gasteiger partial charge in [-0.1, -0.05) is 60.6 Å². The molecule has 43 heavy (non-hydrogen) atoms. The first-order valence-electron chi connectivity index (χ1n) is 13.9. The van der Waals surface area contributed by atoms with Gasteiger partial charge in [0, 0.05) is 17.5 Å². The number of benzene rings is 3. The number of rotatable bonds is 8. The Kier molecular flexibility index (Phi) is 10.4. The van der Waals surface area contributed by atoms with E-state index < -0.39 is 11.6 Å². The van der Waals surface area contributed by atoms with Crippen LogP contribution in [0.3, 0.4) is 0 Å². The Morgan fingerprint density at radius 1 is 1.00 bits per heavy atom. The molecule has 0 amide bonds. The van der Waals surface area contributed by atoms with Gasteiger partial charge in [-0.05, 0) is 69.0 Å². The summed E-state index contributed by atoms with van der Waals surface area (Å²) < 4.78 is 27.8. The van der Waals surface area contributed by atoms with Gasteiger partial charge in [-0.3, -0.25) is 18.9 Å². The monoisotopic (exact) mass is 608 g/mol. The third kappa shape index (κ3) is 7.50. The summed E-state index contributed by atoms with van der Waals surface area (Å²) in [6.45, 7) is 9.80. The van der Waals surface area contributed by atoms with Crippen molar-refractivity contribution in [2.75, 3.05) is 0 Å². The minimum atomic E-state index is -0.671. The third-order valence-corrected chi connectivity index (χ3v) is 6.78. The van der Waals surface area contributed by atoms with E-state index in [4.69, 9.17) is 9.72 Å². The Bertz CT molecular complexity index is 1860. The summed E-state index contributed by atoms with van der Waals surface area (Å²) in [6, 6.07) is 19.5. The second-order valence-electron chi connectivity index (χ2n) is 11.2. The van der Waals surface area contributed by atoms with Gasteiger partial charge in [-0.15, -0.1) is 0 Å². The van der Waals surface area contributed by atoms with Gasteiger partial charge in [0.1, 0.15) is 23.0 Å².